The van der Waals surface area contributed by atoms with Gasteiger partial charge in [0.25, 0.3) is 0 Å². The first-order valence-electron chi connectivity index (χ1n) is 3.72. The van der Waals surface area contributed by atoms with Crippen LogP contribution in [-0.2, 0) is 6.54 Å². The molecule has 0 aliphatic rings. The Morgan fingerprint density at radius 1 is 1.42 bits per heavy atom. The zero-order valence-electron chi connectivity index (χ0n) is 6.57. The predicted molar refractivity (Wildman–Crippen MR) is 47.5 cm³/mol. The van der Waals surface area contributed by atoms with Gasteiger partial charge >= 0.3 is 0 Å². The first-order valence-corrected chi connectivity index (χ1v) is 3.72. The molecule has 0 unspecified atom stereocenters. The minimum Gasteiger partial charge on any atom is -0.398 e. The lowest BCUT2D eigenvalue weighted by atomic mass is 10.3. The second-order valence-corrected chi connectivity index (χ2v) is 2.65. The molecule has 0 bridgehead atoms. The van der Waals surface area contributed by atoms with E-state index in [4.69, 9.17) is 11.5 Å². The molecule has 0 aliphatic carbocycles. The fourth-order valence-corrected chi connectivity index (χ4v) is 1.23. The van der Waals surface area contributed by atoms with Gasteiger partial charge in [0.05, 0.1) is 17.5 Å². The molecule has 2 aromatic heterocycles. The van der Waals surface area contributed by atoms with E-state index in [1.54, 1.807) is 6.33 Å². The molecule has 2 aromatic rings. The molecule has 2 heterocycles. The molecule has 0 fully saturated rings. The van der Waals surface area contributed by atoms with Crippen LogP contribution in [0, 0.1) is 0 Å². The average molecular weight is 162 g/mol. The van der Waals surface area contributed by atoms with Gasteiger partial charge in [0.2, 0.25) is 0 Å². The van der Waals surface area contributed by atoms with Gasteiger partial charge in [-0.2, -0.15) is 0 Å². The van der Waals surface area contributed by atoms with Crippen molar-refractivity contribution in [2.24, 2.45) is 5.73 Å². The Morgan fingerprint density at radius 3 is 3.00 bits per heavy atom. The van der Waals surface area contributed by atoms with Crippen molar-refractivity contribution in [3.8, 4) is 0 Å². The smallest absolute Gasteiger partial charge is 0.0996 e. The summed E-state index contributed by atoms with van der Waals surface area (Å²) in [5.41, 5.74) is 13.7. The van der Waals surface area contributed by atoms with Crippen LogP contribution in [0.5, 0.6) is 0 Å². The molecule has 0 aliphatic heterocycles. The van der Waals surface area contributed by atoms with Crippen LogP contribution in [0.2, 0.25) is 0 Å². The number of fused-ring (bicyclic) bond motifs is 1. The average Bonchev–Trinajstić information content (AvgIpc) is 2.46. The van der Waals surface area contributed by atoms with Crippen LogP contribution in [-0.4, -0.2) is 9.38 Å². The maximum absolute atomic E-state index is 5.59. The van der Waals surface area contributed by atoms with Gasteiger partial charge in [0, 0.05) is 18.4 Å². The first kappa shape index (κ1) is 7.12. The Kier molecular flexibility index (Phi) is 1.48. The van der Waals surface area contributed by atoms with Gasteiger partial charge in [0.15, 0.2) is 0 Å². The number of nitrogens with two attached hydrogens (primary N) is 2. The number of imidazole rings is 1. The number of rotatable bonds is 1. The molecule has 4 nitrogen and oxygen atoms in total. The standard InChI is InChI=1S/C8H10N4/c9-3-7-8-2-1-6(10)4-12(8)5-11-7/h1-2,4-5H,3,9-10H2. The highest BCUT2D eigenvalue weighted by atomic mass is 15.0. The van der Waals surface area contributed by atoms with Gasteiger partial charge in [-0.1, -0.05) is 0 Å². The molecule has 62 valence electrons. The number of nitrogen functional groups attached to an aromatic ring is 1. The number of aromatic nitrogens is 2. The number of anilines is 1. The summed E-state index contributed by atoms with van der Waals surface area (Å²) in [4.78, 5) is 4.14. The van der Waals surface area contributed by atoms with Crippen molar-refractivity contribution in [3.63, 3.8) is 0 Å². The predicted octanol–water partition coefficient (Wildman–Crippen LogP) is 0.375. The largest absolute Gasteiger partial charge is 0.398 e. The molecular formula is C8H10N4. The van der Waals surface area contributed by atoms with Gasteiger partial charge in [-0.3, -0.25) is 0 Å². The van der Waals surface area contributed by atoms with Crippen LogP contribution in [0.3, 0.4) is 0 Å². The van der Waals surface area contributed by atoms with E-state index in [0.717, 1.165) is 16.9 Å². The number of pyridine rings is 1. The zero-order chi connectivity index (χ0) is 8.55. The summed E-state index contributed by atoms with van der Waals surface area (Å²) in [5.74, 6) is 0. The van der Waals surface area contributed by atoms with E-state index in [1.807, 2.05) is 22.7 Å². The van der Waals surface area contributed by atoms with Crippen molar-refractivity contribution >= 4 is 11.2 Å². The molecule has 0 radical (unpaired) electrons. The Balaban J connectivity index is 2.73. The van der Waals surface area contributed by atoms with Gasteiger partial charge in [-0.25, -0.2) is 4.98 Å². The maximum atomic E-state index is 5.59. The third kappa shape index (κ3) is 0.931. The quantitative estimate of drug-likeness (QED) is 0.636. The summed E-state index contributed by atoms with van der Waals surface area (Å²) in [6.07, 6.45) is 3.54. The van der Waals surface area contributed by atoms with Crippen molar-refractivity contribution in [2.45, 2.75) is 6.54 Å². The minimum atomic E-state index is 0.459. The normalized spacial score (nSPS) is 10.8. The van der Waals surface area contributed by atoms with E-state index in [1.165, 1.54) is 0 Å². The molecule has 0 spiro atoms. The molecular weight excluding hydrogens is 152 g/mol. The Labute approximate surface area is 69.8 Å². The molecule has 12 heavy (non-hydrogen) atoms. The van der Waals surface area contributed by atoms with Crippen LogP contribution < -0.4 is 11.5 Å². The molecule has 4 heteroatoms. The fourth-order valence-electron chi connectivity index (χ4n) is 1.23. The first-order chi connectivity index (χ1) is 5.81. The number of hydrogen-bond donors (Lipinski definition) is 2. The highest BCUT2D eigenvalue weighted by molar-refractivity contribution is 5.56. The van der Waals surface area contributed by atoms with Crippen LogP contribution >= 0.6 is 0 Å². The maximum Gasteiger partial charge on any atom is 0.0996 e. The number of hydrogen-bond acceptors (Lipinski definition) is 3. The topological polar surface area (TPSA) is 69.3 Å². The highest BCUT2D eigenvalue weighted by Gasteiger charge is 2.00. The Morgan fingerprint density at radius 2 is 2.25 bits per heavy atom. The van der Waals surface area contributed by atoms with Gasteiger partial charge in [-0.05, 0) is 12.1 Å². The van der Waals surface area contributed by atoms with E-state index >= 15 is 0 Å². The highest BCUT2D eigenvalue weighted by Crippen LogP contribution is 2.11. The van der Waals surface area contributed by atoms with Crippen LogP contribution in [0.4, 0.5) is 5.69 Å². The van der Waals surface area contributed by atoms with E-state index in [0.29, 0.717) is 6.54 Å². The molecule has 0 saturated carbocycles. The lowest BCUT2D eigenvalue weighted by Gasteiger charge is -1.96. The second-order valence-electron chi connectivity index (χ2n) is 2.65. The third-order valence-corrected chi connectivity index (χ3v) is 1.83. The lowest BCUT2D eigenvalue weighted by molar-refractivity contribution is 1.02. The van der Waals surface area contributed by atoms with Crippen LogP contribution in [0.15, 0.2) is 24.7 Å². The summed E-state index contributed by atoms with van der Waals surface area (Å²) < 4.78 is 1.87. The van der Waals surface area contributed by atoms with Crippen molar-refractivity contribution in [3.05, 3.63) is 30.4 Å². The van der Waals surface area contributed by atoms with Crippen LogP contribution in [0.1, 0.15) is 5.69 Å². The van der Waals surface area contributed by atoms with E-state index in [9.17, 15) is 0 Å². The van der Waals surface area contributed by atoms with Crippen molar-refractivity contribution in [1.82, 2.24) is 9.38 Å². The monoisotopic (exact) mass is 162 g/mol. The van der Waals surface area contributed by atoms with Crippen molar-refractivity contribution in [1.29, 1.82) is 0 Å². The molecule has 0 atom stereocenters. The van der Waals surface area contributed by atoms with Gasteiger partial charge in [-0.15, -0.1) is 0 Å². The molecule has 0 amide bonds. The summed E-state index contributed by atoms with van der Waals surface area (Å²) in [7, 11) is 0. The molecule has 4 N–H and O–H groups in total. The van der Waals surface area contributed by atoms with E-state index in [-0.39, 0.29) is 0 Å². The van der Waals surface area contributed by atoms with Crippen molar-refractivity contribution < 1.29 is 0 Å². The second kappa shape index (κ2) is 2.49. The molecule has 2 rings (SSSR count). The Bertz CT molecular complexity index is 404. The van der Waals surface area contributed by atoms with Gasteiger partial charge < -0.3 is 15.9 Å². The van der Waals surface area contributed by atoms with E-state index in [2.05, 4.69) is 4.98 Å². The SMILES string of the molecule is NCc1ncn2cc(N)ccc12. The summed E-state index contributed by atoms with van der Waals surface area (Å²) >= 11 is 0. The van der Waals surface area contributed by atoms with Crippen molar-refractivity contribution in [2.75, 3.05) is 5.73 Å². The third-order valence-electron chi connectivity index (χ3n) is 1.83. The summed E-state index contributed by atoms with van der Waals surface area (Å²) in [6, 6.07) is 3.76. The van der Waals surface area contributed by atoms with Gasteiger partial charge in [0.1, 0.15) is 0 Å². The minimum absolute atomic E-state index is 0.459. The van der Waals surface area contributed by atoms with E-state index < -0.39 is 0 Å². The Hall–Kier alpha value is -1.55. The fraction of sp³-hybridized carbons (Fsp3) is 0.125. The molecule has 0 saturated heterocycles. The lowest BCUT2D eigenvalue weighted by Crippen LogP contribution is -1.97. The summed E-state index contributed by atoms with van der Waals surface area (Å²) in [5, 5.41) is 0. The summed E-state index contributed by atoms with van der Waals surface area (Å²) in [6.45, 7) is 0.459. The molecule has 0 aromatic carbocycles. The number of nitrogens with zero attached hydrogens (tertiary/aromatic N) is 2. The van der Waals surface area contributed by atoms with Crippen LogP contribution in [0.25, 0.3) is 5.52 Å². The zero-order valence-corrected chi connectivity index (χ0v) is 6.57.